The Morgan fingerprint density at radius 3 is 2.35 bits per heavy atom. The number of carbonyl (C=O) groups is 2. The number of aromatic nitrogens is 3. The van der Waals surface area contributed by atoms with Crippen molar-refractivity contribution in [2.45, 2.75) is 20.8 Å². The summed E-state index contributed by atoms with van der Waals surface area (Å²) in [6.07, 6.45) is 4.70. The highest BCUT2D eigenvalue weighted by molar-refractivity contribution is 5.72. The molecule has 0 aromatic carbocycles. The van der Waals surface area contributed by atoms with Crippen molar-refractivity contribution in [1.29, 1.82) is 0 Å². The van der Waals surface area contributed by atoms with E-state index >= 15 is 0 Å². The summed E-state index contributed by atoms with van der Waals surface area (Å²) in [5.74, 6) is 2.06. The van der Waals surface area contributed by atoms with Crippen molar-refractivity contribution in [2.75, 3.05) is 20.1 Å². The molecule has 0 spiro atoms. The second-order valence-corrected chi connectivity index (χ2v) is 6.63. The van der Waals surface area contributed by atoms with Gasteiger partial charge >= 0.3 is 0 Å². The smallest absolute Gasteiger partial charge is 0.170 e. The lowest BCUT2D eigenvalue weighted by atomic mass is 10.1. The highest BCUT2D eigenvalue weighted by atomic mass is 16.1. The fraction of sp³-hybridized carbons (Fsp3) is 0.529. The van der Waals surface area contributed by atoms with E-state index in [1.54, 1.807) is 29.2 Å². The van der Waals surface area contributed by atoms with Crippen LogP contribution < -0.4 is 0 Å². The van der Waals surface area contributed by atoms with Crippen molar-refractivity contribution in [1.82, 2.24) is 19.5 Å². The molecule has 2 aromatic rings. The summed E-state index contributed by atoms with van der Waals surface area (Å²) in [6.45, 7) is 8.93. The monoisotopic (exact) mass is 316 g/mol. The van der Waals surface area contributed by atoms with E-state index in [4.69, 9.17) is 4.79 Å². The summed E-state index contributed by atoms with van der Waals surface area (Å²) in [5, 5.41) is 3.94. The average molecular weight is 316 g/mol. The van der Waals surface area contributed by atoms with Gasteiger partial charge in [-0.25, -0.2) is 9.50 Å². The maximum Gasteiger partial charge on any atom is 0.170 e. The van der Waals surface area contributed by atoms with Crippen molar-refractivity contribution in [3.05, 3.63) is 30.4 Å². The molecule has 0 radical (unpaired) electrons. The third kappa shape index (κ3) is 3.82. The Morgan fingerprint density at radius 2 is 1.83 bits per heavy atom. The van der Waals surface area contributed by atoms with Crippen LogP contribution in [0.2, 0.25) is 0 Å². The first-order chi connectivity index (χ1) is 10.9. The van der Waals surface area contributed by atoms with E-state index in [1.165, 1.54) is 20.0 Å². The summed E-state index contributed by atoms with van der Waals surface area (Å²) in [5.41, 5.74) is 2.00. The minimum atomic E-state index is 0.413. The van der Waals surface area contributed by atoms with Crippen LogP contribution in [0.4, 0.5) is 0 Å². The number of nitrogens with zero attached hydrogens (tertiary/aromatic N) is 4. The van der Waals surface area contributed by atoms with Crippen LogP contribution >= 0.6 is 0 Å². The lowest BCUT2D eigenvalue weighted by molar-refractivity contribution is -0.106. The summed E-state index contributed by atoms with van der Waals surface area (Å²) >= 11 is 0. The maximum absolute atomic E-state index is 10.3. The number of hydrogen-bond donors (Lipinski definition) is 0. The fourth-order valence-corrected chi connectivity index (χ4v) is 3.22. The first-order valence-corrected chi connectivity index (χ1v) is 7.77. The standard InChI is InChI=1S/C8H15N.C7H5N3O.C2H4O/c1-8(2)6-4-9(3)5-7(6)8;11-4-6-1-2-7-3-8-5-10(7)9-6;1-2-3/h6-7H,4-5H2,1-3H3;1-5H;2H,1H3. The van der Waals surface area contributed by atoms with Crippen molar-refractivity contribution < 1.29 is 9.59 Å². The van der Waals surface area contributed by atoms with Crippen molar-refractivity contribution in [3.8, 4) is 0 Å². The Labute approximate surface area is 136 Å². The highest BCUT2D eigenvalue weighted by Gasteiger charge is 2.60. The van der Waals surface area contributed by atoms with Crippen LogP contribution in [0.25, 0.3) is 5.52 Å². The number of fused-ring (bicyclic) bond motifs is 2. The molecule has 23 heavy (non-hydrogen) atoms. The van der Waals surface area contributed by atoms with Crippen LogP contribution in [-0.2, 0) is 4.79 Å². The van der Waals surface area contributed by atoms with Gasteiger partial charge in [0.1, 0.15) is 18.3 Å². The van der Waals surface area contributed by atoms with Gasteiger partial charge in [-0.15, -0.1) is 0 Å². The Morgan fingerprint density at radius 1 is 1.22 bits per heavy atom. The van der Waals surface area contributed by atoms with Crippen molar-refractivity contribution >= 4 is 18.1 Å². The van der Waals surface area contributed by atoms with Gasteiger partial charge in [-0.2, -0.15) is 5.10 Å². The van der Waals surface area contributed by atoms with Crippen LogP contribution in [-0.4, -0.2) is 52.2 Å². The third-order valence-corrected chi connectivity index (χ3v) is 4.72. The molecule has 3 heterocycles. The molecule has 124 valence electrons. The molecule has 0 N–H and O–H groups in total. The molecule has 1 aliphatic heterocycles. The van der Waals surface area contributed by atoms with E-state index in [2.05, 4.69) is 35.9 Å². The number of carbonyl (C=O) groups excluding carboxylic acids is 2. The van der Waals surface area contributed by atoms with Gasteiger partial charge < -0.3 is 9.69 Å². The van der Waals surface area contributed by atoms with E-state index < -0.39 is 0 Å². The number of rotatable bonds is 1. The largest absolute Gasteiger partial charge is 0.306 e. The molecule has 2 fully saturated rings. The first-order valence-electron chi connectivity index (χ1n) is 7.77. The maximum atomic E-state index is 10.3. The zero-order chi connectivity index (χ0) is 17.0. The molecule has 1 saturated carbocycles. The number of imidazole rings is 1. The van der Waals surface area contributed by atoms with E-state index in [-0.39, 0.29) is 0 Å². The normalized spacial score (nSPS) is 23.8. The second-order valence-electron chi connectivity index (χ2n) is 6.63. The quantitative estimate of drug-likeness (QED) is 0.752. The molecule has 1 aliphatic carbocycles. The predicted molar refractivity (Wildman–Crippen MR) is 88.4 cm³/mol. The summed E-state index contributed by atoms with van der Waals surface area (Å²) in [7, 11) is 2.22. The molecule has 2 unspecified atom stereocenters. The Hall–Kier alpha value is -2.08. The van der Waals surface area contributed by atoms with E-state index in [0.717, 1.165) is 23.6 Å². The zero-order valence-electron chi connectivity index (χ0n) is 14.1. The number of aldehydes is 2. The van der Waals surface area contributed by atoms with Crippen LogP contribution in [0, 0.1) is 17.3 Å². The predicted octanol–water partition coefficient (Wildman–Crippen LogP) is 1.95. The molecule has 2 aliphatic rings. The third-order valence-electron chi connectivity index (χ3n) is 4.72. The minimum Gasteiger partial charge on any atom is -0.306 e. The van der Waals surface area contributed by atoms with Gasteiger partial charge in [0, 0.05) is 13.1 Å². The molecule has 0 bridgehead atoms. The van der Waals surface area contributed by atoms with Crippen LogP contribution in [0.3, 0.4) is 0 Å². The summed E-state index contributed by atoms with van der Waals surface area (Å²) in [6, 6.07) is 3.45. The summed E-state index contributed by atoms with van der Waals surface area (Å²) < 4.78 is 1.56. The van der Waals surface area contributed by atoms with Gasteiger partial charge in [-0.3, -0.25) is 4.79 Å². The lowest BCUT2D eigenvalue weighted by Gasteiger charge is -2.15. The van der Waals surface area contributed by atoms with Crippen LogP contribution in [0.1, 0.15) is 31.3 Å². The average Bonchev–Trinajstić information content (AvgIpc) is 2.97. The van der Waals surface area contributed by atoms with E-state index in [0.29, 0.717) is 17.4 Å². The fourth-order valence-electron chi connectivity index (χ4n) is 3.22. The lowest BCUT2D eigenvalue weighted by Crippen LogP contribution is -2.21. The minimum absolute atomic E-state index is 0.413. The van der Waals surface area contributed by atoms with E-state index in [1.807, 2.05) is 0 Å². The van der Waals surface area contributed by atoms with Gasteiger partial charge in [0.2, 0.25) is 0 Å². The van der Waals surface area contributed by atoms with Gasteiger partial charge in [0.05, 0.1) is 11.7 Å². The molecule has 2 atom stereocenters. The number of hydrogen-bond acceptors (Lipinski definition) is 5. The Balaban J connectivity index is 0.000000145. The molecule has 1 saturated heterocycles. The summed E-state index contributed by atoms with van der Waals surface area (Å²) in [4.78, 5) is 25.4. The van der Waals surface area contributed by atoms with Gasteiger partial charge in [0.25, 0.3) is 0 Å². The Kier molecular flexibility index (Phi) is 5.26. The molecular weight excluding hydrogens is 292 g/mol. The molecule has 6 nitrogen and oxygen atoms in total. The van der Waals surface area contributed by atoms with Gasteiger partial charge in [-0.05, 0) is 43.4 Å². The SMILES string of the molecule is CC=O.CN1CC2C(C1)C2(C)C.O=Cc1ccc2cncn2n1. The second kappa shape index (κ2) is 7.00. The van der Waals surface area contributed by atoms with Crippen LogP contribution in [0.5, 0.6) is 0 Å². The number of piperidine rings is 1. The van der Waals surface area contributed by atoms with Gasteiger partial charge in [-0.1, -0.05) is 13.8 Å². The van der Waals surface area contributed by atoms with Crippen LogP contribution in [0.15, 0.2) is 24.7 Å². The molecular formula is C17H24N4O2. The van der Waals surface area contributed by atoms with Crippen molar-refractivity contribution in [2.24, 2.45) is 17.3 Å². The topological polar surface area (TPSA) is 67.6 Å². The highest BCUT2D eigenvalue weighted by Crippen LogP contribution is 2.61. The molecule has 0 amide bonds. The van der Waals surface area contributed by atoms with Gasteiger partial charge in [0.15, 0.2) is 6.29 Å². The zero-order valence-corrected chi connectivity index (χ0v) is 14.1. The first kappa shape index (κ1) is 17.3. The molecule has 6 heteroatoms. The van der Waals surface area contributed by atoms with E-state index in [9.17, 15) is 4.79 Å². The molecule has 2 aromatic heterocycles. The Bertz CT molecular complexity index is 666. The van der Waals surface area contributed by atoms with Crippen molar-refractivity contribution in [3.63, 3.8) is 0 Å². The molecule has 4 rings (SSSR count). The number of likely N-dealkylation sites (tertiary alicyclic amines) is 1.